The van der Waals surface area contributed by atoms with Crippen molar-refractivity contribution in [3.8, 4) is 0 Å². The molecule has 0 aliphatic heterocycles. The highest BCUT2D eigenvalue weighted by Gasteiger charge is 1.98. The quantitative estimate of drug-likeness (QED) is 0.306. The Kier molecular flexibility index (Phi) is 15.0. The monoisotopic (exact) mass is 487 g/mol. The van der Waals surface area contributed by atoms with Gasteiger partial charge in [0.25, 0.3) is 0 Å². The zero-order chi connectivity index (χ0) is 26.8. The maximum atomic E-state index is 4.18. The summed E-state index contributed by atoms with van der Waals surface area (Å²) in [7, 11) is 0. The molecule has 4 heterocycles. The van der Waals surface area contributed by atoms with Crippen LogP contribution in [0.15, 0.2) is 79.8 Å². The molecule has 4 aromatic rings. The van der Waals surface area contributed by atoms with Gasteiger partial charge in [-0.1, -0.05) is 61.5 Å². The third-order valence-electron chi connectivity index (χ3n) is 4.76. The van der Waals surface area contributed by atoms with Crippen molar-refractivity contribution in [2.75, 3.05) is 0 Å². The second-order valence-corrected chi connectivity index (χ2v) is 9.26. The third-order valence-corrected chi connectivity index (χ3v) is 4.76. The van der Waals surface area contributed by atoms with E-state index in [0.717, 1.165) is 22.9 Å². The number of rotatable bonds is 4. The first-order valence-corrected chi connectivity index (χ1v) is 12.4. The van der Waals surface area contributed by atoms with Gasteiger partial charge in [0.1, 0.15) is 12.2 Å². The topological polar surface area (TPSA) is 90.2 Å². The van der Waals surface area contributed by atoms with Crippen LogP contribution in [0.3, 0.4) is 0 Å². The fraction of sp³-hybridized carbons (Fsp3) is 0.414. The van der Waals surface area contributed by atoms with Crippen molar-refractivity contribution in [1.29, 1.82) is 0 Å². The Morgan fingerprint density at radius 2 is 1.06 bits per heavy atom. The predicted molar refractivity (Wildman–Crippen MR) is 147 cm³/mol. The van der Waals surface area contributed by atoms with Crippen LogP contribution in [0.5, 0.6) is 0 Å². The Morgan fingerprint density at radius 3 is 1.39 bits per heavy atom. The van der Waals surface area contributed by atoms with Crippen LogP contribution in [0.1, 0.15) is 102 Å². The largest absolute Gasteiger partial charge is 0.261 e. The first kappa shape index (κ1) is 30.4. The van der Waals surface area contributed by atoms with Crippen molar-refractivity contribution < 1.29 is 0 Å². The molecular formula is C29H41N7. The Labute approximate surface area is 217 Å². The van der Waals surface area contributed by atoms with E-state index in [-0.39, 0.29) is 0 Å². The number of nitrogens with zero attached hydrogens (tertiary/aromatic N) is 7. The highest BCUT2D eigenvalue weighted by molar-refractivity contribution is 5.07. The first-order chi connectivity index (χ1) is 17.2. The van der Waals surface area contributed by atoms with E-state index in [1.54, 1.807) is 31.1 Å². The third kappa shape index (κ3) is 13.3. The minimum atomic E-state index is 0.436. The molecule has 7 heteroatoms. The molecule has 0 spiro atoms. The summed E-state index contributed by atoms with van der Waals surface area (Å²) >= 11 is 0. The summed E-state index contributed by atoms with van der Waals surface area (Å²) < 4.78 is 0. The van der Waals surface area contributed by atoms with Crippen LogP contribution in [0.25, 0.3) is 0 Å². The molecule has 0 amide bonds. The van der Waals surface area contributed by atoms with Crippen molar-refractivity contribution in [2.45, 2.75) is 79.1 Å². The summed E-state index contributed by atoms with van der Waals surface area (Å²) in [5, 5.41) is 7.68. The van der Waals surface area contributed by atoms with Crippen LogP contribution in [0, 0.1) is 0 Å². The average Bonchev–Trinajstić information content (AvgIpc) is 2.92. The van der Waals surface area contributed by atoms with E-state index < -0.39 is 0 Å². The van der Waals surface area contributed by atoms with Gasteiger partial charge in [0.05, 0.1) is 5.69 Å². The van der Waals surface area contributed by atoms with Gasteiger partial charge in [-0.2, -0.15) is 10.2 Å². The molecule has 0 saturated carbocycles. The molecule has 0 atom stereocenters. The van der Waals surface area contributed by atoms with Crippen LogP contribution in [-0.2, 0) is 0 Å². The Hall–Kier alpha value is -3.61. The molecule has 0 aliphatic carbocycles. The van der Waals surface area contributed by atoms with Crippen LogP contribution in [-0.4, -0.2) is 35.1 Å². The standard InChI is InChI=1S/C8H11N.3C7H10N2/c1-7(2)8-5-3-4-6-9-8;1-6(2)7-3-4-8-5-9-7;1-6(2)7-8-4-3-5-9-7;1-6(2)7-4-3-5-8-9-7/h3-7H,1-2H3;3*3-6H,1-2H3. The summed E-state index contributed by atoms with van der Waals surface area (Å²) in [5.74, 6) is 2.89. The van der Waals surface area contributed by atoms with Gasteiger partial charge in [0.15, 0.2) is 0 Å². The second-order valence-electron chi connectivity index (χ2n) is 9.26. The van der Waals surface area contributed by atoms with E-state index >= 15 is 0 Å². The maximum absolute atomic E-state index is 4.18. The molecular weight excluding hydrogens is 446 g/mol. The lowest BCUT2D eigenvalue weighted by molar-refractivity contribution is 0.774. The zero-order valence-corrected chi connectivity index (χ0v) is 22.9. The van der Waals surface area contributed by atoms with Crippen LogP contribution in [0.4, 0.5) is 0 Å². The van der Waals surface area contributed by atoms with E-state index in [4.69, 9.17) is 0 Å². The number of hydrogen-bond donors (Lipinski definition) is 0. The highest BCUT2D eigenvalue weighted by Crippen LogP contribution is 2.09. The van der Waals surface area contributed by atoms with Crippen molar-refractivity contribution in [3.63, 3.8) is 0 Å². The molecule has 0 aromatic carbocycles. The Bertz CT molecular complexity index is 850. The van der Waals surface area contributed by atoms with E-state index in [0.29, 0.717) is 23.7 Å². The number of aromatic nitrogens is 7. The molecule has 0 saturated heterocycles. The summed E-state index contributed by atoms with van der Waals surface area (Å²) in [6, 6.07) is 13.6. The van der Waals surface area contributed by atoms with Gasteiger partial charge in [-0.15, -0.1) is 0 Å². The van der Waals surface area contributed by atoms with Gasteiger partial charge < -0.3 is 0 Å². The second kappa shape index (κ2) is 17.8. The van der Waals surface area contributed by atoms with Crippen molar-refractivity contribution in [2.24, 2.45) is 0 Å². The molecule has 0 bridgehead atoms. The summed E-state index contributed by atoms with van der Waals surface area (Å²) in [6.07, 6.45) is 10.4. The fourth-order valence-electron chi connectivity index (χ4n) is 2.59. The number of hydrogen-bond acceptors (Lipinski definition) is 7. The van der Waals surface area contributed by atoms with Gasteiger partial charge in [-0.25, -0.2) is 19.9 Å². The molecule has 0 N–H and O–H groups in total. The molecule has 7 nitrogen and oxygen atoms in total. The van der Waals surface area contributed by atoms with Crippen LogP contribution >= 0.6 is 0 Å². The highest BCUT2D eigenvalue weighted by atomic mass is 15.1. The van der Waals surface area contributed by atoms with Gasteiger partial charge in [0, 0.05) is 48.3 Å². The number of pyridine rings is 1. The van der Waals surface area contributed by atoms with Crippen molar-refractivity contribution in [1.82, 2.24) is 35.1 Å². The summed E-state index contributed by atoms with van der Waals surface area (Å²) in [6.45, 7) is 16.9. The van der Waals surface area contributed by atoms with E-state index in [9.17, 15) is 0 Å². The van der Waals surface area contributed by atoms with Gasteiger partial charge >= 0.3 is 0 Å². The lowest BCUT2D eigenvalue weighted by atomic mass is 10.1. The smallest absolute Gasteiger partial charge is 0.130 e. The average molecular weight is 488 g/mol. The minimum Gasteiger partial charge on any atom is -0.261 e. The van der Waals surface area contributed by atoms with Crippen molar-refractivity contribution >= 4 is 0 Å². The summed E-state index contributed by atoms with van der Waals surface area (Å²) in [4.78, 5) is 20.2. The van der Waals surface area contributed by atoms with Gasteiger partial charge in [-0.05, 0) is 54.2 Å². The van der Waals surface area contributed by atoms with Crippen molar-refractivity contribution in [3.05, 3.63) is 103 Å². The molecule has 0 radical (unpaired) electrons. The van der Waals surface area contributed by atoms with Crippen LogP contribution in [0.2, 0.25) is 0 Å². The summed E-state index contributed by atoms with van der Waals surface area (Å²) in [5.41, 5.74) is 3.32. The molecule has 0 aliphatic rings. The molecule has 0 unspecified atom stereocenters. The normalized spacial score (nSPS) is 10.1. The SMILES string of the molecule is CC(C)c1ccccn1.CC(C)c1cccnn1.CC(C)c1ccncn1.CC(C)c1ncccn1. The predicted octanol–water partition coefficient (Wildman–Crippen LogP) is 7.01. The van der Waals surface area contributed by atoms with E-state index in [1.165, 1.54) is 0 Å². The van der Waals surface area contributed by atoms with E-state index in [1.807, 2.05) is 48.7 Å². The zero-order valence-electron chi connectivity index (χ0n) is 22.9. The lowest BCUT2D eigenvalue weighted by Gasteiger charge is -2.00. The lowest BCUT2D eigenvalue weighted by Crippen LogP contribution is -1.93. The van der Waals surface area contributed by atoms with Gasteiger partial charge in [0.2, 0.25) is 0 Å². The molecule has 4 rings (SSSR count). The van der Waals surface area contributed by atoms with Crippen LogP contribution < -0.4 is 0 Å². The first-order valence-electron chi connectivity index (χ1n) is 12.4. The Morgan fingerprint density at radius 1 is 0.472 bits per heavy atom. The molecule has 36 heavy (non-hydrogen) atoms. The Balaban J connectivity index is 0.000000240. The molecule has 4 aromatic heterocycles. The molecule has 192 valence electrons. The minimum absolute atomic E-state index is 0.436. The molecule has 0 fully saturated rings. The van der Waals surface area contributed by atoms with Gasteiger partial charge in [-0.3, -0.25) is 4.98 Å². The maximum Gasteiger partial charge on any atom is 0.130 e. The fourth-order valence-corrected chi connectivity index (χ4v) is 2.59. The van der Waals surface area contributed by atoms with E-state index in [2.05, 4.69) is 90.5 Å².